The number of hydrogen-bond acceptors (Lipinski definition) is 6. The Hall–Kier alpha value is -1.96. The summed E-state index contributed by atoms with van der Waals surface area (Å²) in [6, 6.07) is 3.54. The van der Waals surface area contributed by atoms with Crippen LogP contribution in [0.25, 0.3) is 10.9 Å². The van der Waals surface area contributed by atoms with Gasteiger partial charge in [-0.25, -0.2) is 9.78 Å². The number of pyridine rings is 1. The lowest BCUT2D eigenvalue weighted by atomic mass is 10.2. The predicted molar refractivity (Wildman–Crippen MR) is 77.2 cm³/mol. The summed E-state index contributed by atoms with van der Waals surface area (Å²) in [4.78, 5) is 18.9. The van der Waals surface area contributed by atoms with Gasteiger partial charge in [0.05, 0.1) is 24.9 Å². The van der Waals surface area contributed by atoms with Gasteiger partial charge in [0.2, 0.25) is 0 Å². The van der Waals surface area contributed by atoms with E-state index in [0.29, 0.717) is 13.2 Å². The number of ether oxygens (including phenoxy) is 4. The molecule has 3 rings (SSSR count). The molecule has 0 radical (unpaired) electrons. The van der Waals surface area contributed by atoms with Crippen molar-refractivity contribution in [2.24, 2.45) is 0 Å². The summed E-state index contributed by atoms with van der Waals surface area (Å²) in [6.07, 6.45) is 3.23. The highest BCUT2D eigenvalue weighted by Gasteiger charge is 2.32. The van der Waals surface area contributed by atoms with Gasteiger partial charge in [0, 0.05) is 11.6 Å². The van der Waals surface area contributed by atoms with Crippen molar-refractivity contribution in [1.82, 2.24) is 9.97 Å². The molecule has 3 heterocycles. The molecule has 118 valence electrons. The summed E-state index contributed by atoms with van der Waals surface area (Å²) in [7, 11) is 0. The van der Waals surface area contributed by atoms with Crippen LogP contribution in [0.3, 0.4) is 0 Å². The molecule has 2 aromatic heterocycles. The fraction of sp³-hybridized carbons (Fsp3) is 0.467. The Morgan fingerprint density at radius 3 is 3.18 bits per heavy atom. The Kier molecular flexibility index (Phi) is 4.10. The van der Waals surface area contributed by atoms with Gasteiger partial charge in [-0.05, 0) is 26.0 Å². The van der Waals surface area contributed by atoms with Crippen LogP contribution in [-0.2, 0) is 18.9 Å². The van der Waals surface area contributed by atoms with Crippen LogP contribution in [0.15, 0.2) is 24.5 Å². The minimum atomic E-state index is -0.583. The zero-order valence-corrected chi connectivity index (χ0v) is 12.5. The van der Waals surface area contributed by atoms with Gasteiger partial charge >= 0.3 is 5.97 Å². The predicted octanol–water partition coefficient (Wildman–Crippen LogP) is 1.85. The van der Waals surface area contributed by atoms with Crippen molar-refractivity contribution in [1.29, 1.82) is 0 Å². The number of nitrogens with one attached hydrogen (secondary N) is 1. The Balaban J connectivity index is 1.44. The van der Waals surface area contributed by atoms with E-state index in [1.54, 1.807) is 18.5 Å². The smallest absolute Gasteiger partial charge is 0.359 e. The summed E-state index contributed by atoms with van der Waals surface area (Å²) < 4.78 is 21.3. The van der Waals surface area contributed by atoms with Crippen LogP contribution < -0.4 is 0 Å². The third kappa shape index (κ3) is 3.44. The second kappa shape index (κ2) is 6.04. The zero-order valence-electron chi connectivity index (χ0n) is 12.5. The van der Waals surface area contributed by atoms with E-state index in [9.17, 15) is 4.79 Å². The van der Waals surface area contributed by atoms with Gasteiger partial charge in [0.1, 0.15) is 11.8 Å². The largest absolute Gasteiger partial charge is 0.434 e. The van der Waals surface area contributed by atoms with Crippen molar-refractivity contribution in [2.75, 3.05) is 20.0 Å². The van der Waals surface area contributed by atoms with Crippen molar-refractivity contribution in [3.63, 3.8) is 0 Å². The highest BCUT2D eigenvalue weighted by Crippen LogP contribution is 2.22. The van der Waals surface area contributed by atoms with Crippen molar-refractivity contribution < 1.29 is 23.7 Å². The summed E-state index contributed by atoms with van der Waals surface area (Å²) in [6.45, 7) is 4.31. The number of aromatic amines is 1. The molecule has 7 nitrogen and oxygen atoms in total. The van der Waals surface area contributed by atoms with Gasteiger partial charge in [0.25, 0.3) is 0 Å². The number of hydrogen-bond donors (Lipinski definition) is 1. The van der Waals surface area contributed by atoms with E-state index in [2.05, 4.69) is 9.97 Å². The molecule has 1 aliphatic heterocycles. The van der Waals surface area contributed by atoms with E-state index in [4.69, 9.17) is 18.9 Å². The molecule has 2 aromatic rings. The first-order valence-corrected chi connectivity index (χ1v) is 7.03. The average Bonchev–Trinajstić information content (AvgIpc) is 3.08. The zero-order chi connectivity index (χ0) is 15.6. The minimum Gasteiger partial charge on any atom is -0.434 e. The lowest BCUT2D eigenvalue weighted by molar-refractivity contribution is -0.149. The molecule has 1 saturated heterocycles. The Bertz CT molecular complexity index is 667. The quantitative estimate of drug-likeness (QED) is 0.515. The van der Waals surface area contributed by atoms with E-state index in [0.717, 1.165) is 10.9 Å². The van der Waals surface area contributed by atoms with E-state index in [-0.39, 0.29) is 18.6 Å². The standard InChI is InChI=1S/C15H18N2O5/c1-15(2)21-8-11(22-15)7-19-9-20-14(18)12-5-10-3-4-16-13(10)6-17-12/h3-6,11,16H,7-9H2,1-2H3/t11-/m1/s1. The van der Waals surface area contributed by atoms with Gasteiger partial charge < -0.3 is 23.9 Å². The molecule has 1 atom stereocenters. The van der Waals surface area contributed by atoms with Crippen molar-refractivity contribution in [3.8, 4) is 0 Å². The Labute approximate surface area is 127 Å². The second-order valence-electron chi connectivity index (χ2n) is 5.51. The lowest BCUT2D eigenvalue weighted by Crippen LogP contribution is -2.24. The summed E-state index contributed by atoms with van der Waals surface area (Å²) in [5, 5.41) is 0.904. The highest BCUT2D eigenvalue weighted by atomic mass is 16.8. The highest BCUT2D eigenvalue weighted by molar-refractivity contribution is 5.92. The van der Waals surface area contributed by atoms with Gasteiger partial charge in [-0.3, -0.25) is 0 Å². The van der Waals surface area contributed by atoms with Gasteiger partial charge in [-0.2, -0.15) is 0 Å². The van der Waals surface area contributed by atoms with Gasteiger partial charge in [0.15, 0.2) is 12.6 Å². The van der Waals surface area contributed by atoms with E-state index >= 15 is 0 Å². The number of carbonyl (C=O) groups is 1. The monoisotopic (exact) mass is 306 g/mol. The fourth-order valence-electron chi connectivity index (χ4n) is 2.26. The van der Waals surface area contributed by atoms with Crippen molar-refractivity contribution >= 4 is 16.9 Å². The van der Waals surface area contributed by atoms with E-state index < -0.39 is 11.8 Å². The molecule has 1 aliphatic rings. The van der Waals surface area contributed by atoms with Crippen LogP contribution in [0, 0.1) is 0 Å². The summed E-state index contributed by atoms with van der Waals surface area (Å²) >= 11 is 0. The first-order chi connectivity index (χ1) is 10.5. The van der Waals surface area contributed by atoms with Crippen LogP contribution in [-0.4, -0.2) is 47.8 Å². The lowest BCUT2D eigenvalue weighted by Gasteiger charge is -2.16. The first kappa shape index (κ1) is 15.0. The molecule has 7 heteroatoms. The molecule has 0 saturated carbocycles. The number of aromatic nitrogens is 2. The molecule has 0 aliphatic carbocycles. The second-order valence-corrected chi connectivity index (χ2v) is 5.51. The third-order valence-electron chi connectivity index (χ3n) is 3.29. The molecular weight excluding hydrogens is 288 g/mol. The molecule has 0 spiro atoms. The topological polar surface area (TPSA) is 82.7 Å². The molecule has 1 fully saturated rings. The molecule has 0 aromatic carbocycles. The summed E-state index contributed by atoms with van der Waals surface area (Å²) in [5.41, 5.74) is 1.12. The first-order valence-electron chi connectivity index (χ1n) is 7.03. The van der Waals surface area contributed by atoms with Gasteiger partial charge in [-0.15, -0.1) is 0 Å². The maximum atomic E-state index is 11.9. The van der Waals surface area contributed by atoms with Crippen LogP contribution >= 0.6 is 0 Å². The SMILES string of the molecule is CC1(C)OC[C@@H](COCOC(=O)c2cc3cc[nH]c3cn2)O1. The van der Waals surface area contributed by atoms with Gasteiger partial charge in [-0.1, -0.05) is 0 Å². The van der Waals surface area contributed by atoms with E-state index in [1.807, 2.05) is 19.9 Å². The number of rotatable bonds is 5. The van der Waals surface area contributed by atoms with Crippen LogP contribution in [0.2, 0.25) is 0 Å². The van der Waals surface area contributed by atoms with Crippen LogP contribution in [0.1, 0.15) is 24.3 Å². The normalized spacial score (nSPS) is 20.4. The number of carbonyl (C=O) groups excluding carboxylic acids is 1. The number of esters is 1. The van der Waals surface area contributed by atoms with E-state index in [1.165, 1.54) is 0 Å². The Morgan fingerprint density at radius 2 is 2.41 bits per heavy atom. The molecule has 1 N–H and O–H groups in total. The van der Waals surface area contributed by atoms with Crippen molar-refractivity contribution in [2.45, 2.75) is 25.7 Å². The third-order valence-corrected chi connectivity index (χ3v) is 3.29. The molecule has 22 heavy (non-hydrogen) atoms. The Morgan fingerprint density at radius 1 is 1.55 bits per heavy atom. The minimum absolute atomic E-state index is 0.147. The number of H-pyrrole nitrogens is 1. The molecule has 0 unspecified atom stereocenters. The molecule has 0 amide bonds. The maximum Gasteiger partial charge on any atom is 0.359 e. The van der Waals surface area contributed by atoms with Crippen LogP contribution in [0.5, 0.6) is 0 Å². The molecule has 0 bridgehead atoms. The molecular formula is C15H18N2O5. The number of nitrogens with zero attached hydrogens (tertiary/aromatic N) is 1. The number of fused-ring (bicyclic) bond motifs is 1. The average molecular weight is 306 g/mol. The fourth-order valence-corrected chi connectivity index (χ4v) is 2.26. The maximum absolute atomic E-state index is 11.9. The van der Waals surface area contributed by atoms with Crippen LogP contribution in [0.4, 0.5) is 0 Å². The summed E-state index contributed by atoms with van der Waals surface area (Å²) in [5.74, 6) is -1.10. The van der Waals surface area contributed by atoms with Crippen molar-refractivity contribution in [3.05, 3.63) is 30.2 Å².